The van der Waals surface area contributed by atoms with E-state index in [1.165, 1.54) is 38.5 Å². The molecule has 7 aliphatic rings. The average Bonchev–Trinajstić information content (AvgIpc) is 3.65. The zero-order valence-electron chi connectivity index (χ0n) is 32.8. The van der Waals surface area contributed by atoms with Crippen LogP contribution in [-0.4, -0.2) is 121 Å². The Hall–Kier alpha value is -4.51. The molecule has 1 aliphatic carbocycles. The molecule has 1 saturated carbocycles. The van der Waals surface area contributed by atoms with Gasteiger partial charge in [0, 0.05) is 81.6 Å². The number of nitriles is 1. The Kier molecular flexibility index (Phi) is 11.3. The van der Waals surface area contributed by atoms with Gasteiger partial charge in [-0.05, 0) is 100 Å². The minimum absolute atomic E-state index is 0.104. The van der Waals surface area contributed by atoms with Crippen LogP contribution >= 0.6 is 11.6 Å². The molecule has 302 valence electrons. The maximum atomic E-state index is 13.1. The lowest BCUT2D eigenvalue weighted by atomic mass is 9.77. The molecule has 5 amide bonds. The van der Waals surface area contributed by atoms with Gasteiger partial charge >= 0.3 is 0 Å². The molecule has 1 spiro atoms. The normalized spacial score (nSPS) is 25.5. The van der Waals surface area contributed by atoms with Crippen LogP contribution < -0.4 is 20.4 Å². The molecule has 0 bridgehead atoms. The molecule has 0 aromatic heterocycles. The van der Waals surface area contributed by atoms with Gasteiger partial charge in [-0.15, -0.1) is 0 Å². The van der Waals surface area contributed by atoms with Gasteiger partial charge in [0.25, 0.3) is 11.8 Å². The quantitative estimate of drug-likeness (QED) is 0.423. The molecule has 57 heavy (non-hydrogen) atoms. The number of hydrogen-bond donors (Lipinski definition) is 2. The highest BCUT2D eigenvalue weighted by molar-refractivity contribution is 6.32. The number of carbonyl (C=O) groups is 5. The van der Waals surface area contributed by atoms with Gasteiger partial charge in [-0.3, -0.25) is 39.1 Å². The van der Waals surface area contributed by atoms with Crippen molar-refractivity contribution in [3.63, 3.8) is 0 Å². The summed E-state index contributed by atoms with van der Waals surface area (Å²) >= 11 is 6.17. The summed E-state index contributed by atoms with van der Waals surface area (Å²) in [6.45, 7) is 10.7. The summed E-state index contributed by atoms with van der Waals surface area (Å²) in [4.78, 5) is 72.8. The first-order valence-electron chi connectivity index (χ1n) is 20.8. The zero-order valence-corrected chi connectivity index (χ0v) is 33.6. The highest BCUT2D eigenvalue weighted by Crippen LogP contribution is 2.44. The summed E-state index contributed by atoms with van der Waals surface area (Å²) in [5.74, 6) is -1.38. The largest absolute Gasteiger partial charge is 0.368 e. The highest BCUT2D eigenvalue weighted by atomic mass is 35.5. The predicted molar refractivity (Wildman–Crippen MR) is 216 cm³/mol. The van der Waals surface area contributed by atoms with Gasteiger partial charge in [-0.1, -0.05) is 30.9 Å². The van der Waals surface area contributed by atoms with Crippen LogP contribution in [-0.2, 0) is 14.4 Å². The minimum atomic E-state index is -0.953. The fourth-order valence-corrected chi connectivity index (χ4v) is 10.4. The van der Waals surface area contributed by atoms with E-state index in [0.29, 0.717) is 45.1 Å². The number of nitrogens with zero attached hydrogens (tertiary/aromatic N) is 6. The van der Waals surface area contributed by atoms with Crippen LogP contribution in [0, 0.1) is 22.7 Å². The first-order chi connectivity index (χ1) is 27.5. The molecule has 6 fully saturated rings. The van der Waals surface area contributed by atoms with Crippen LogP contribution in [0.5, 0.6) is 0 Å². The second-order valence-electron chi connectivity index (χ2n) is 17.1. The number of benzene rings is 2. The van der Waals surface area contributed by atoms with Crippen molar-refractivity contribution in [3.8, 4) is 6.07 Å². The van der Waals surface area contributed by atoms with Gasteiger partial charge in [-0.2, -0.15) is 5.26 Å². The smallest absolute Gasteiger partial charge is 0.262 e. The van der Waals surface area contributed by atoms with E-state index in [9.17, 15) is 24.0 Å². The van der Waals surface area contributed by atoms with E-state index in [0.717, 1.165) is 88.0 Å². The van der Waals surface area contributed by atoms with Gasteiger partial charge < -0.3 is 20.0 Å². The lowest BCUT2D eigenvalue weighted by Crippen LogP contribution is -2.63. The number of hydrogen-bond acceptors (Lipinski definition) is 10. The molecule has 9 rings (SSSR count). The first-order valence-corrected chi connectivity index (χ1v) is 21.2. The van der Waals surface area contributed by atoms with Gasteiger partial charge in [-0.25, -0.2) is 0 Å². The van der Waals surface area contributed by atoms with Crippen molar-refractivity contribution in [1.29, 1.82) is 5.26 Å². The van der Waals surface area contributed by atoms with E-state index < -0.39 is 23.8 Å². The SMILES string of the molecule is CC1CC2(CCNCC2)CN1c1ccc(C#N)c(Cl)c1.O=C1CCC(N2C(=O)c3ccc(N4CC(N5CCN(C(=O)C6CCCCC6)CC5)C4)cc3C2=O)C(=O)N1. The third kappa shape index (κ3) is 7.88. The number of piperazine rings is 1. The maximum absolute atomic E-state index is 13.1. The zero-order chi connectivity index (χ0) is 39.8. The van der Waals surface area contributed by atoms with Crippen molar-refractivity contribution in [2.75, 3.05) is 68.7 Å². The van der Waals surface area contributed by atoms with Gasteiger partial charge in [0.1, 0.15) is 12.1 Å². The maximum Gasteiger partial charge on any atom is 0.262 e. The fraction of sp³-hybridized carbons (Fsp3) is 0.581. The number of piperidine rings is 2. The Balaban J connectivity index is 0.000000192. The summed E-state index contributed by atoms with van der Waals surface area (Å²) in [5.41, 5.74) is 3.66. The van der Waals surface area contributed by atoms with Crippen LogP contribution in [0.4, 0.5) is 11.4 Å². The number of fused-ring (bicyclic) bond motifs is 1. The summed E-state index contributed by atoms with van der Waals surface area (Å²) in [6.07, 6.45) is 9.71. The van der Waals surface area contributed by atoms with Crippen LogP contribution in [0.3, 0.4) is 0 Å². The first kappa shape index (κ1) is 39.3. The molecule has 2 aromatic rings. The van der Waals surface area contributed by atoms with Crippen molar-refractivity contribution < 1.29 is 24.0 Å². The molecule has 14 heteroatoms. The Morgan fingerprint density at radius 1 is 0.877 bits per heavy atom. The fourth-order valence-electron chi connectivity index (χ4n) is 10.2. The van der Waals surface area contributed by atoms with Crippen LogP contribution in [0.2, 0.25) is 5.02 Å². The molecule has 2 N–H and O–H groups in total. The van der Waals surface area contributed by atoms with E-state index in [4.69, 9.17) is 16.9 Å². The number of imide groups is 2. The van der Waals surface area contributed by atoms with Crippen LogP contribution in [0.1, 0.15) is 97.4 Å². The third-order valence-electron chi connectivity index (χ3n) is 13.6. The van der Waals surface area contributed by atoms with Gasteiger partial charge in [0.15, 0.2) is 0 Å². The Morgan fingerprint density at radius 3 is 2.26 bits per heavy atom. The number of rotatable bonds is 5. The lowest BCUT2D eigenvalue weighted by molar-refractivity contribution is -0.139. The van der Waals surface area contributed by atoms with Gasteiger partial charge in [0.05, 0.1) is 21.7 Å². The molecule has 2 aromatic carbocycles. The topological polar surface area (TPSA) is 149 Å². The molecule has 2 atom stereocenters. The standard InChI is InChI=1S/C27H33N5O5.C16H20ClN3/c33-23-9-8-22(24(34)28-23)32-26(36)20-7-6-18(14-21(20)27(32)37)31-15-19(16-31)29-10-12-30(13-11-29)25(35)17-4-2-1-3-5-17;1-12-9-16(4-6-19-7-5-16)11-20(12)14-3-2-13(10-18)15(17)8-14/h6-7,14,17,19,22H,1-5,8-13,15-16H2,(H,28,33,34);2-3,8,12,19H,4-7,9,11H2,1H3. The molecule has 5 saturated heterocycles. The number of nitrogens with one attached hydrogen (secondary N) is 2. The Morgan fingerprint density at radius 2 is 1.58 bits per heavy atom. The highest BCUT2D eigenvalue weighted by Gasteiger charge is 2.46. The van der Waals surface area contributed by atoms with E-state index >= 15 is 0 Å². The lowest BCUT2D eigenvalue weighted by Gasteiger charge is -2.49. The second kappa shape index (κ2) is 16.4. The van der Waals surface area contributed by atoms with E-state index in [1.54, 1.807) is 12.1 Å². The summed E-state index contributed by atoms with van der Waals surface area (Å²) < 4.78 is 0. The monoisotopic (exact) mass is 796 g/mol. The third-order valence-corrected chi connectivity index (χ3v) is 13.9. The average molecular weight is 797 g/mol. The van der Waals surface area contributed by atoms with Crippen molar-refractivity contribution in [2.45, 2.75) is 89.3 Å². The van der Waals surface area contributed by atoms with Crippen molar-refractivity contribution in [3.05, 3.63) is 58.1 Å². The summed E-state index contributed by atoms with van der Waals surface area (Å²) in [7, 11) is 0. The van der Waals surface area contributed by atoms with Crippen LogP contribution in [0.15, 0.2) is 36.4 Å². The second-order valence-corrected chi connectivity index (χ2v) is 17.5. The number of amides is 5. The Bertz CT molecular complexity index is 1960. The summed E-state index contributed by atoms with van der Waals surface area (Å²) in [5, 5.41) is 15.2. The van der Waals surface area contributed by atoms with Crippen LogP contribution in [0.25, 0.3) is 0 Å². The molecule has 13 nitrogen and oxygen atoms in total. The van der Waals surface area contributed by atoms with E-state index in [2.05, 4.69) is 43.2 Å². The predicted octanol–water partition coefficient (Wildman–Crippen LogP) is 4.18. The van der Waals surface area contributed by atoms with E-state index in [1.807, 2.05) is 24.3 Å². The number of anilines is 2. The number of halogens is 1. The number of carbonyl (C=O) groups excluding carboxylic acids is 5. The Labute approximate surface area is 339 Å². The van der Waals surface area contributed by atoms with E-state index in [-0.39, 0.29) is 24.7 Å². The van der Waals surface area contributed by atoms with Crippen molar-refractivity contribution in [2.24, 2.45) is 11.3 Å². The van der Waals surface area contributed by atoms with Crippen molar-refractivity contribution >= 4 is 52.5 Å². The molecular formula is C43H53ClN8O5. The minimum Gasteiger partial charge on any atom is -0.368 e. The molecular weight excluding hydrogens is 744 g/mol. The molecule has 2 unspecified atom stereocenters. The van der Waals surface area contributed by atoms with Crippen molar-refractivity contribution in [1.82, 2.24) is 25.3 Å². The molecule has 6 heterocycles. The molecule has 6 aliphatic heterocycles. The van der Waals surface area contributed by atoms with Gasteiger partial charge in [0.2, 0.25) is 17.7 Å². The summed E-state index contributed by atoms with van der Waals surface area (Å²) in [6, 6.07) is 13.2. The molecule has 0 radical (unpaired) electrons.